The van der Waals surface area contributed by atoms with E-state index in [9.17, 15) is 10.1 Å². The lowest BCUT2D eigenvalue weighted by Crippen LogP contribution is -2.35. The molecular weight excluding hydrogens is 558 g/mol. The van der Waals surface area contributed by atoms with Crippen molar-refractivity contribution in [2.45, 2.75) is 129 Å². The summed E-state index contributed by atoms with van der Waals surface area (Å²) >= 11 is 0. The van der Waals surface area contributed by atoms with E-state index in [1.165, 1.54) is 68.9 Å². The van der Waals surface area contributed by atoms with Crippen LogP contribution in [0.25, 0.3) is 0 Å². The second-order valence-electron chi connectivity index (χ2n) is 13.1. The molecule has 2 aromatic carbocycles. The largest absolute Gasteiger partial charge is 0.497 e. The Hall–Kier alpha value is -3.04. The van der Waals surface area contributed by atoms with Gasteiger partial charge in [0.05, 0.1) is 31.4 Å². The van der Waals surface area contributed by atoms with Gasteiger partial charge in [-0.25, -0.2) is 0 Å². The lowest BCUT2D eigenvalue weighted by Gasteiger charge is -2.35. The first-order valence-electron chi connectivity index (χ1n) is 17.6. The topological polar surface area (TPSA) is 65.8 Å². The van der Waals surface area contributed by atoms with Crippen LogP contribution in [0.5, 0.6) is 11.5 Å². The van der Waals surface area contributed by atoms with Gasteiger partial charge in [-0.05, 0) is 87.5 Å². The van der Waals surface area contributed by atoms with Crippen LogP contribution in [0.1, 0.15) is 133 Å². The van der Waals surface area contributed by atoms with Crippen molar-refractivity contribution in [3.63, 3.8) is 0 Å². The fourth-order valence-corrected chi connectivity index (χ4v) is 7.07. The van der Waals surface area contributed by atoms with Crippen molar-refractivity contribution in [3.8, 4) is 17.6 Å². The van der Waals surface area contributed by atoms with E-state index in [1.54, 1.807) is 21.1 Å². The van der Waals surface area contributed by atoms with E-state index in [4.69, 9.17) is 9.47 Å². The Morgan fingerprint density at radius 1 is 0.978 bits per heavy atom. The first kappa shape index (κ1) is 36.4. The third-order valence-electron chi connectivity index (χ3n) is 9.98. The molecule has 45 heavy (non-hydrogen) atoms. The van der Waals surface area contributed by atoms with Crippen molar-refractivity contribution in [1.29, 1.82) is 5.26 Å². The molecule has 0 aromatic heterocycles. The zero-order chi connectivity index (χ0) is 32.7. The molecule has 1 aliphatic heterocycles. The standard InChI is InChI=1S/C39H59N3O3/c1-7-8-9-10-11-12-13-14-15-16-25-39(30-40,33-20-17-21-34(29-33)44-5)26-19-27-41(4)31(2)35-23-24-37(45-6)38-36(35)22-18-28-42(38)32(3)43/h17,20-21,23-24,29,31H,7-16,18-19,22,25-28H2,1-6H3. The summed E-state index contributed by atoms with van der Waals surface area (Å²) in [5.74, 6) is 1.63. The molecule has 0 saturated heterocycles. The highest BCUT2D eigenvalue weighted by Gasteiger charge is 2.33. The second-order valence-corrected chi connectivity index (χ2v) is 13.1. The molecule has 0 saturated carbocycles. The number of nitriles is 1. The van der Waals surface area contributed by atoms with E-state index in [0.717, 1.165) is 74.4 Å². The molecule has 0 radical (unpaired) electrons. The smallest absolute Gasteiger partial charge is 0.223 e. The van der Waals surface area contributed by atoms with Crippen LogP contribution in [0.4, 0.5) is 5.69 Å². The fourth-order valence-electron chi connectivity index (χ4n) is 7.07. The molecule has 3 rings (SSSR count). The zero-order valence-electron chi connectivity index (χ0n) is 29.1. The van der Waals surface area contributed by atoms with Crippen molar-refractivity contribution in [1.82, 2.24) is 4.90 Å². The van der Waals surface area contributed by atoms with Gasteiger partial charge >= 0.3 is 0 Å². The lowest BCUT2D eigenvalue weighted by atomic mass is 9.74. The highest BCUT2D eigenvalue weighted by Crippen LogP contribution is 2.42. The van der Waals surface area contributed by atoms with Crippen LogP contribution >= 0.6 is 0 Å². The summed E-state index contributed by atoms with van der Waals surface area (Å²) in [5, 5.41) is 10.7. The minimum atomic E-state index is -0.528. The molecule has 1 aliphatic rings. The third-order valence-corrected chi connectivity index (χ3v) is 9.98. The number of rotatable bonds is 20. The van der Waals surface area contributed by atoms with Gasteiger partial charge in [-0.3, -0.25) is 9.69 Å². The maximum Gasteiger partial charge on any atom is 0.223 e. The predicted molar refractivity (Wildman–Crippen MR) is 186 cm³/mol. The van der Waals surface area contributed by atoms with Crippen molar-refractivity contribution in [3.05, 3.63) is 53.1 Å². The normalized spacial score (nSPS) is 14.8. The summed E-state index contributed by atoms with van der Waals surface area (Å²) in [7, 11) is 5.55. The molecule has 0 aliphatic carbocycles. The number of hydrogen-bond acceptors (Lipinski definition) is 5. The van der Waals surface area contributed by atoms with Crippen LogP contribution < -0.4 is 14.4 Å². The van der Waals surface area contributed by atoms with Crippen LogP contribution in [0.2, 0.25) is 0 Å². The number of ether oxygens (including phenoxy) is 2. The number of anilines is 1. The van der Waals surface area contributed by atoms with Crippen LogP contribution in [0.15, 0.2) is 36.4 Å². The number of carbonyl (C=O) groups excluding carboxylic acids is 1. The Morgan fingerprint density at radius 3 is 2.27 bits per heavy atom. The Labute approximate surface area is 274 Å². The zero-order valence-corrected chi connectivity index (χ0v) is 29.1. The molecular formula is C39H59N3O3. The number of carbonyl (C=O) groups is 1. The first-order chi connectivity index (χ1) is 21.8. The van der Waals surface area contributed by atoms with Crippen molar-refractivity contribution in [2.75, 3.05) is 39.3 Å². The van der Waals surface area contributed by atoms with E-state index >= 15 is 0 Å². The summed E-state index contributed by atoms with van der Waals surface area (Å²) < 4.78 is 11.2. The van der Waals surface area contributed by atoms with E-state index < -0.39 is 5.41 Å². The Morgan fingerprint density at radius 2 is 1.64 bits per heavy atom. The number of unbranched alkanes of at least 4 members (excludes halogenated alkanes) is 9. The number of nitrogens with zero attached hydrogens (tertiary/aromatic N) is 3. The predicted octanol–water partition coefficient (Wildman–Crippen LogP) is 9.55. The van der Waals surface area contributed by atoms with Gasteiger partial charge < -0.3 is 14.4 Å². The van der Waals surface area contributed by atoms with Crippen molar-refractivity contribution < 1.29 is 14.3 Å². The minimum Gasteiger partial charge on any atom is -0.497 e. The summed E-state index contributed by atoms with van der Waals surface area (Å²) in [6.07, 6.45) is 17.4. The molecule has 0 fully saturated rings. The molecule has 0 spiro atoms. The summed E-state index contributed by atoms with van der Waals surface area (Å²) in [6.45, 7) is 7.76. The molecule has 1 heterocycles. The van der Waals surface area contributed by atoms with Crippen LogP contribution in [0.3, 0.4) is 0 Å². The fraction of sp³-hybridized carbons (Fsp3) is 0.641. The molecule has 2 unspecified atom stereocenters. The second kappa shape index (κ2) is 18.8. The van der Waals surface area contributed by atoms with Crippen LogP contribution in [0, 0.1) is 11.3 Å². The monoisotopic (exact) mass is 617 g/mol. The number of amides is 1. The molecule has 0 N–H and O–H groups in total. The molecule has 6 nitrogen and oxygen atoms in total. The van der Waals surface area contributed by atoms with E-state index in [-0.39, 0.29) is 11.9 Å². The van der Waals surface area contributed by atoms with Gasteiger partial charge in [0.1, 0.15) is 11.5 Å². The van der Waals surface area contributed by atoms with Gasteiger partial charge in [0.25, 0.3) is 0 Å². The average molecular weight is 618 g/mol. The summed E-state index contributed by atoms with van der Waals surface area (Å²) in [5.41, 5.74) is 3.96. The maximum atomic E-state index is 12.5. The number of fused-ring (bicyclic) bond motifs is 1. The summed E-state index contributed by atoms with van der Waals surface area (Å²) in [6, 6.07) is 15.3. The maximum absolute atomic E-state index is 12.5. The quantitative estimate of drug-likeness (QED) is 0.138. The van der Waals surface area contributed by atoms with Gasteiger partial charge in [0.15, 0.2) is 0 Å². The van der Waals surface area contributed by atoms with Crippen LogP contribution in [-0.4, -0.2) is 45.2 Å². The van der Waals surface area contributed by atoms with Crippen molar-refractivity contribution >= 4 is 11.6 Å². The van der Waals surface area contributed by atoms with E-state index in [0.29, 0.717) is 0 Å². The van der Waals surface area contributed by atoms with Crippen molar-refractivity contribution in [2.24, 2.45) is 0 Å². The van der Waals surface area contributed by atoms with E-state index in [2.05, 4.69) is 50.1 Å². The van der Waals surface area contributed by atoms with Gasteiger partial charge in [-0.1, -0.05) is 89.3 Å². The number of methoxy groups -OCH3 is 2. The number of benzene rings is 2. The molecule has 0 bridgehead atoms. The first-order valence-corrected chi connectivity index (χ1v) is 17.6. The Kier molecular flexibility index (Phi) is 15.2. The molecule has 1 amide bonds. The molecule has 2 atom stereocenters. The minimum absolute atomic E-state index is 0.0557. The summed E-state index contributed by atoms with van der Waals surface area (Å²) in [4.78, 5) is 16.7. The SMILES string of the molecule is CCCCCCCCCCCCC(C#N)(CCCN(C)C(C)c1ccc(OC)c2c1CCCN2C(C)=O)c1cccc(OC)c1. The highest BCUT2D eigenvalue weighted by atomic mass is 16.5. The van der Waals surface area contributed by atoms with Gasteiger partial charge in [0.2, 0.25) is 5.91 Å². The Balaban J connectivity index is 1.66. The third kappa shape index (κ3) is 9.97. The molecule has 6 heteroatoms. The van der Waals surface area contributed by atoms with E-state index in [1.807, 2.05) is 23.1 Å². The Bertz CT molecular complexity index is 1240. The van der Waals surface area contributed by atoms with Gasteiger partial charge in [-0.2, -0.15) is 5.26 Å². The lowest BCUT2D eigenvalue weighted by molar-refractivity contribution is -0.116. The van der Waals surface area contributed by atoms with Gasteiger partial charge in [-0.15, -0.1) is 0 Å². The number of hydrogen-bond donors (Lipinski definition) is 0. The highest BCUT2D eigenvalue weighted by molar-refractivity contribution is 5.95. The van der Waals surface area contributed by atoms with Crippen LogP contribution in [-0.2, 0) is 16.6 Å². The molecule has 2 aromatic rings. The molecule has 248 valence electrons. The average Bonchev–Trinajstić information content (AvgIpc) is 3.07. The van der Waals surface area contributed by atoms with Gasteiger partial charge in [0, 0.05) is 19.5 Å².